The Kier molecular flexibility index (Phi) is 4.70. The summed E-state index contributed by atoms with van der Waals surface area (Å²) in [5, 5.41) is 9.23. The molecule has 0 fully saturated rings. The van der Waals surface area contributed by atoms with E-state index in [-0.39, 0.29) is 0 Å². The first-order valence-electron chi connectivity index (χ1n) is 8.08. The molecule has 0 saturated carbocycles. The molecule has 0 spiro atoms. The predicted molar refractivity (Wildman–Crippen MR) is 87.6 cm³/mol. The molecule has 1 aliphatic carbocycles. The summed E-state index contributed by atoms with van der Waals surface area (Å²) in [5.74, 6) is 0. The lowest BCUT2D eigenvalue weighted by Gasteiger charge is -2.22. The van der Waals surface area contributed by atoms with Crippen LogP contribution in [0, 0.1) is 0 Å². The highest BCUT2D eigenvalue weighted by Crippen LogP contribution is 2.37. The van der Waals surface area contributed by atoms with Crippen molar-refractivity contribution >= 4 is 11.3 Å². The molecule has 1 atom stereocenters. The van der Waals surface area contributed by atoms with Crippen LogP contribution in [0.25, 0.3) is 10.7 Å². The Balaban J connectivity index is 1.88. The number of rotatable bonds is 6. The van der Waals surface area contributed by atoms with Crippen LogP contribution < -0.4 is 5.32 Å². The van der Waals surface area contributed by atoms with Crippen LogP contribution in [0.2, 0.25) is 0 Å². The quantitative estimate of drug-likeness (QED) is 0.883. The molecule has 0 amide bonds. The Labute approximate surface area is 130 Å². The maximum absolute atomic E-state index is 4.91. The van der Waals surface area contributed by atoms with Crippen LogP contribution in [-0.4, -0.2) is 21.3 Å². The van der Waals surface area contributed by atoms with E-state index in [2.05, 4.69) is 35.0 Å². The van der Waals surface area contributed by atoms with Gasteiger partial charge in [0.15, 0.2) is 0 Å². The van der Waals surface area contributed by atoms with Crippen molar-refractivity contribution in [2.24, 2.45) is 0 Å². The summed E-state index contributed by atoms with van der Waals surface area (Å²) in [5.41, 5.74) is 2.48. The van der Waals surface area contributed by atoms with E-state index in [1.54, 1.807) is 0 Å². The van der Waals surface area contributed by atoms with Gasteiger partial charge >= 0.3 is 0 Å². The molecule has 0 saturated heterocycles. The molecule has 3 rings (SSSR count). The van der Waals surface area contributed by atoms with Gasteiger partial charge < -0.3 is 5.32 Å². The molecule has 1 aliphatic rings. The van der Waals surface area contributed by atoms with Gasteiger partial charge in [-0.15, -0.1) is 11.3 Å². The van der Waals surface area contributed by atoms with Gasteiger partial charge in [0.2, 0.25) is 0 Å². The third-order valence-electron chi connectivity index (χ3n) is 3.96. The first kappa shape index (κ1) is 14.7. The van der Waals surface area contributed by atoms with Crippen molar-refractivity contribution in [3.8, 4) is 10.7 Å². The van der Waals surface area contributed by atoms with Crippen LogP contribution in [0.1, 0.15) is 56.1 Å². The molecule has 2 aromatic rings. The lowest BCUT2D eigenvalue weighted by Crippen LogP contribution is -2.24. The van der Waals surface area contributed by atoms with Gasteiger partial charge in [-0.3, -0.25) is 4.68 Å². The minimum absolute atomic E-state index is 0.502. The fraction of sp³-hybridized carbons (Fsp3) is 0.625. The maximum atomic E-state index is 4.91. The van der Waals surface area contributed by atoms with E-state index in [9.17, 15) is 0 Å². The van der Waals surface area contributed by atoms with Crippen LogP contribution in [-0.2, 0) is 13.0 Å². The van der Waals surface area contributed by atoms with E-state index >= 15 is 0 Å². The Hall–Kier alpha value is -1.20. The second-order valence-corrected chi connectivity index (χ2v) is 6.70. The molecule has 2 heterocycles. The summed E-state index contributed by atoms with van der Waals surface area (Å²) in [7, 11) is 0. The van der Waals surface area contributed by atoms with Gasteiger partial charge in [-0.2, -0.15) is 5.10 Å². The average molecular weight is 304 g/mol. The summed E-state index contributed by atoms with van der Waals surface area (Å²) in [4.78, 5) is 6.36. The SMILES string of the molecule is CCCNC1CCCc2nc(-c3ccnn3CCC)sc21. The lowest BCUT2D eigenvalue weighted by molar-refractivity contribution is 0.464. The van der Waals surface area contributed by atoms with E-state index in [0.717, 1.165) is 30.9 Å². The lowest BCUT2D eigenvalue weighted by atomic mass is 9.98. The summed E-state index contributed by atoms with van der Waals surface area (Å²) in [6.45, 7) is 6.45. The molecule has 1 N–H and O–H groups in total. The maximum Gasteiger partial charge on any atom is 0.142 e. The normalized spacial score (nSPS) is 17.9. The van der Waals surface area contributed by atoms with Crippen LogP contribution in [0.5, 0.6) is 0 Å². The molecule has 4 nitrogen and oxygen atoms in total. The summed E-state index contributed by atoms with van der Waals surface area (Å²) >= 11 is 1.86. The Morgan fingerprint density at radius 1 is 1.38 bits per heavy atom. The summed E-state index contributed by atoms with van der Waals surface area (Å²) < 4.78 is 2.08. The van der Waals surface area contributed by atoms with E-state index in [4.69, 9.17) is 4.98 Å². The third-order valence-corrected chi connectivity index (χ3v) is 5.20. The first-order valence-corrected chi connectivity index (χ1v) is 8.90. The smallest absolute Gasteiger partial charge is 0.142 e. The first-order chi connectivity index (χ1) is 10.3. The molecule has 2 aromatic heterocycles. The Morgan fingerprint density at radius 2 is 2.29 bits per heavy atom. The third kappa shape index (κ3) is 3.04. The van der Waals surface area contributed by atoms with Gasteiger partial charge in [-0.25, -0.2) is 4.98 Å². The number of aromatic nitrogens is 3. The van der Waals surface area contributed by atoms with Crippen molar-refractivity contribution in [1.82, 2.24) is 20.1 Å². The van der Waals surface area contributed by atoms with Crippen molar-refractivity contribution in [3.63, 3.8) is 0 Å². The number of hydrogen-bond donors (Lipinski definition) is 1. The largest absolute Gasteiger partial charge is 0.309 e. The number of hydrogen-bond acceptors (Lipinski definition) is 4. The van der Waals surface area contributed by atoms with Crippen molar-refractivity contribution in [2.45, 2.75) is 58.5 Å². The zero-order valence-electron chi connectivity index (χ0n) is 12.9. The number of fused-ring (bicyclic) bond motifs is 1. The van der Waals surface area contributed by atoms with Crippen molar-refractivity contribution in [1.29, 1.82) is 0 Å². The highest BCUT2D eigenvalue weighted by atomic mass is 32.1. The monoisotopic (exact) mass is 304 g/mol. The number of aryl methyl sites for hydroxylation is 2. The molecule has 0 aliphatic heterocycles. The minimum Gasteiger partial charge on any atom is -0.309 e. The van der Waals surface area contributed by atoms with Gasteiger partial charge in [0.25, 0.3) is 0 Å². The Morgan fingerprint density at radius 3 is 3.10 bits per heavy atom. The van der Waals surface area contributed by atoms with E-state index < -0.39 is 0 Å². The van der Waals surface area contributed by atoms with E-state index in [1.165, 1.54) is 35.5 Å². The molecular formula is C16H24N4S. The number of nitrogens with one attached hydrogen (secondary N) is 1. The highest BCUT2D eigenvalue weighted by molar-refractivity contribution is 7.15. The minimum atomic E-state index is 0.502. The van der Waals surface area contributed by atoms with Gasteiger partial charge in [0.05, 0.1) is 11.4 Å². The standard InChI is InChI=1S/C16H24N4S/c1-3-9-17-12-6-5-7-13-15(12)21-16(19-13)14-8-10-18-20(14)11-4-2/h8,10,12,17H,3-7,9,11H2,1-2H3. The van der Waals surface area contributed by atoms with Gasteiger partial charge in [0, 0.05) is 23.7 Å². The molecule has 0 bridgehead atoms. The Bertz CT molecular complexity index is 587. The molecule has 0 aromatic carbocycles. The highest BCUT2D eigenvalue weighted by Gasteiger charge is 2.25. The average Bonchev–Trinajstić information content (AvgIpc) is 3.11. The van der Waals surface area contributed by atoms with E-state index in [1.807, 2.05) is 17.5 Å². The van der Waals surface area contributed by atoms with Crippen LogP contribution in [0.15, 0.2) is 12.3 Å². The molecular weight excluding hydrogens is 280 g/mol. The zero-order valence-corrected chi connectivity index (χ0v) is 13.7. The molecule has 5 heteroatoms. The number of thiazole rings is 1. The predicted octanol–water partition coefficient (Wildman–Crippen LogP) is 3.79. The van der Waals surface area contributed by atoms with Crippen LogP contribution >= 0.6 is 11.3 Å². The summed E-state index contributed by atoms with van der Waals surface area (Å²) in [6.07, 6.45) is 7.77. The fourth-order valence-corrected chi connectivity index (χ4v) is 4.20. The molecule has 114 valence electrons. The van der Waals surface area contributed by atoms with Gasteiger partial charge in [0.1, 0.15) is 5.01 Å². The van der Waals surface area contributed by atoms with Gasteiger partial charge in [-0.05, 0) is 44.7 Å². The fourth-order valence-electron chi connectivity index (χ4n) is 2.95. The van der Waals surface area contributed by atoms with Crippen molar-refractivity contribution in [3.05, 3.63) is 22.8 Å². The number of nitrogens with zero attached hydrogens (tertiary/aromatic N) is 3. The second kappa shape index (κ2) is 6.71. The van der Waals surface area contributed by atoms with Gasteiger partial charge in [-0.1, -0.05) is 13.8 Å². The van der Waals surface area contributed by atoms with Crippen molar-refractivity contribution in [2.75, 3.05) is 6.54 Å². The topological polar surface area (TPSA) is 42.7 Å². The molecule has 0 radical (unpaired) electrons. The molecule has 21 heavy (non-hydrogen) atoms. The summed E-state index contributed by atoms with van der Waals surface area (Å²) in [6, 6.07) is 2.59. The van der Waals surface area contributed by atoms with Crippen LogP contribution in [0.3, 0.4) is 0 Å². The molecule has 1 unspecified atom stereocenters. The zero-order chi connectivity index (χ0) is 14.7. The second-order valence-electron chi connectivity index (χ2n) is 5.67. The van der Waals surface area contributed by atoms with E-state index in [0.29, 0.717) is 6.04 Å². The van der Waals surface area contributed by atoms with Crippen molar-refractivity contribution < 1.29 is 0 Å². The van der Waals surface area contributed by atoms with Crippen LogP contribution in [0.4, 0.5) is 0 Å².